The van der Waals surface area contributed by atoms with Crippen LogP contribution in [0.25, 0.3) is 5.69 Å². The highest BCUT2D eigenvalue weighted by molar-refractivity contribution is 9.11. The summed E-state index contributed by atoms with van der Waals surface area (Å²) in [4.78, 5) is 38.2. The van der Waals surface area contributed by atoms with Crippen LogP contribution in [0.3, 0.4) is 0 Å². The highest BCUT2D eigenvalue weighted by Crippen LogP contribution is 2.42. The summed E-state index contributed by atoms with van der Waals surface area (Å²) in [5.74, 6) is -4.76. The number of aryl methyl sites for hydroxylation is 1. The Morgan fingerprint density at radius 1 is 0.691 bits per heavy atom. The van der Waals surface area contributed by atoms with Crippen LogP contribution in [0.15, 0.2) is 66.6 Å². The van der Waals surface area contributed by atoms with Crippen LogP contribution in [0.5, 0.6) is 0 Å². The number of anilines is 5. The van der Waals surface area contributed by atoms with Gasteiger partial charge in [-0.3, -0.25) is 19.0 Å². The molecule has 0 radical (unpaired) electrons. The average molecular weight is 1720 g/mol. The number of halogens is 14. The molecule has 0 saturated carbocycles. The number of carbonyl (C=O) groups excluding carboxylic acids is 2. The first-order chi connectivity index (χ1) is 43.3. The summed E-state index contributed by atoms with van der Waals surface area (Å²) in [6.07, 6.45) is 6.70. The first-order valence-corrected chi connectivity index (χ1v) is 38.8. The van der Waals surface area contributed by atoms with Crippen LogP contribution in [0, 0.1) is 77.4 Å². The van der Waals surface area contributed by atoms with Crippen molar-refractivity contribution in [3.05, 3.63) is 153 Å². The molecule has 13 nitrogen and oxygen atoms in total. The van der Waals surface area contributed by atoms with E-state index in [0.29, 0.717) is 52.8 Å². The Balaban J connectivity index is 0.000000290. The van der Waals surface area contributed by atoms with Gasteiger partial charge < -0.3 is 43.6 Å². The molecule has 0 amide bonds. The number of carboxylic acids is 1. The van der Waals surface area contributed by atoms with Gasteiger partial charge in [0, 0.05) is 107 Å². The van der Waals surface area contributed by atoms with Gasteiger partial charge in [0.2, 0.25) is 0 Å². The Morgan fingerprint density at radius 3 is 1.54 bits per heavy atom. The number of fused-ring (bicyclic) bond motifs is 6. The first-order valence-electron chi connectivity index (χ1n) is 26.7. The summed E-state index contributed by atoms with van der Waals surface area (Å²) in [6.45, 7) is 19.5. The lowest BCUT2D eigenvalue weighted by atomic mass is 9.88. The van der Waals surface area contributed by atoms with Gasteiger partial charge in [-0.25, -0.2) is 48.9 Å². The van der Waals surface area contributed by atoms with Crippen molar-refractivity contribution < 1.29 is 63.4 Å². The molecule has 4 aliphatic heterocycles. The van der Waals surface area contributed by atoms with Crippen LogP contribution >= 0.6 is 90.0 Å². The van der Waals surface area contributed by atoms with Crippen LogP contribution in [-0.4, -0.2) is 65.8 Å². The maximum absolute atomic E-state index is 14.4. The lowest BCUT2D eigenvalue weighted by Crippen LogP contribution is -2.45. The quantitative estimate of drug-likeness (QED) is 0.0202. The van der Waals surface area contributed by atoms with Gasteiger partial charge in [-0.05, 0) is 214 Å². The van der Waals surface area contributed by atoms with Crippen molar-refractivity contribution in [2.75, 3.05) is 33.5 Å². The van der Waals surface area contributed by atoms with Crippen molar-refractivity contribution >= 4 is 191 Å². The fourth-order valence-corrected chi connectivity index (χ4v) is 19.3. The van der Waals surface area contributed by atoms with E-state index in [-0.39, 0.29) is 59.1 Å². The van der Waals surface area contributed by atoms with E-state index in [0.717, 1.165) is 35.8 Å². The molecule has 35 heteroatoms. The van der Waals surface area contributed by atoms with Gasteiger partial charge >= 0.3 is 5.97 Å². The van der Waals surface area contributed by atoms with E-state index >= 15 is 0 Å². The predicted molar refractivity (Wildman–Crippen MR) is 387 cm³/mol. The summed E-state index contributed by atoms with van der Waals surface area (Å²) in [5.41, 5.74) is 15.1. The van der Waals surface area contributed by atoms with Gasteiger partial charge in [-0.15, -0.1) is 6.42 Å². The van der Waals surface area contributed by atoms with Crippen molar-refractivity contribution in [2.45, 2.75) is 123 Å². The third-order valence-corrected chi connectivity index (χ3v) is 26.8. The molecule has 0 atom stereocenters. The van der Waals surface area contributed by atoms with Gasteiger partial charge in [0.05, 0.1) is 53.5 Å². The zero-order valence-corrected chi connectivity index (χ0v) is 64.5. The van der Waals surface area contributed by atoms with Crippen molar-refractivity contribution in [1.29, 1.82) is 0 Å². The zero-order valence-electron chi connectivity index (χ0n) is 51.5. The van der Waals surface area contributed by atoms with Gasteiger partial charge in [0.15, 0.2) is 17.4 Å². The molecule has 11 N–H and O–H groups in total. The molecule has 4 aliphatic rings. The van der Waals surface area contributed by atoms with Crippen LogP contribution in [-0.2, 0) is 89.4 Å². The Hall–Kier alpha value is -4.39. The van der Waals surface area contributed by atoms with Crippen molar-refractivity contribution in [1.82, 2.24) is 9.55 Å². The number of nitrogens with zero attached hydrogens (tertiary/aromatic N) is 2. The van der Waals surface area contributed by atoms with Gasteiger partial charge in [0.1, 0.15) is 69.4 Å². The van der Waals surface area contributed by atoms with Gasteiger partial charge in [0.25, 0.3) is 0 Å². The Labute approximate surface area is 597 Å². The van der Waals surface area contributed by atoms with Crippen LogP contribution < -0.4 is 38.5 Å². The third kappa shape index (κ3) is 22.3. The zero-order chi connectivity index (χ0) is 72.1. The molecule has 10 rings (SSSR count). The standard InChI is InChI=1S/C13H12BrF2N3.C11H10BrF2NO.C11H10BrF2NS.C11H11F2NO.C6H4BrF2N.C4H9NO2.C3H5N.P2S5/c1-6-5-17-12-13(2,3)18-8-4-7(15)9(14)10(16)11(8)19(6)12;2*1-11(2)8(16)3-5-7(15-11)4-6(13)9(12)10(5)14;1-11(2)10(15)5-7-8(13)3-6(12)4-9(7)14-11;7-4-1-3(8)2-5(9)6(4)10;1-4(2,5)3(6)7;1-2-3-4;3-1-2-5-7-6-4/h4-5,18H,1-3H3;2*4,15H,3H2,1-2H3;3-4,14H,5H2,1-2H3;1-2H,10H2;5H2,1-2H3,(H,6,7);1H,3-4H2;. The minimum Gasteiger partial charge on any atom is -0.480 e. The number of hydrogen-bond acceptors (Lipinski definition) is 14. The largest absolute Gasteiger partial charge is 0.480 e. The molecule has 0 saturated heterocycles. The van der Waals surface area contributed by atoms with Crippen molar-refractivity contribution in [3.63, 3.8) is 0 Å². The number of hydrogen-bond donors (Lipinski definition) is 8. The SMILES string of the molecule is C#CCN.CC(C)(N)C(=O)O.CC1(C)Nc2cc(F)c(Br)c(F)c2CC1=O.CC1(C)Nc2cc(F)c(Br)c(F)c2CC1=S.CC1(C)Nc2cc(F)cc(F)c2CC1=O.Cc1cnc2n1-c1c(cc(F)c(Br)c1F)NC2(C)C.Nc1c(F)cc(F)cc1Br.S=PP=S=S=S=S. The number of Topliss-reactive ketones (excluding diaryl/α,β-unsaturated/α-hetero) is 2. The molecule has 94 heavy (non-hydrogen) atoms. The number of imidazole rings is 1. The van der Waals surface area contributed by atoms with E-state index in [1.165, 1.54) is 54.0 Å². The number of terminal acetylenes is 1. The Kier molecular flexibility index (Phi) is 31.6. The summed E-state index contributed by atoms with van der Waals surface area (Å²) in [5, 5.41) is 20.0. The minimum atomic E-state index is -1.08. The number of aliphatic carboxylic acids is 1. The topological polar surface area (TPSA) is 215 Å². The highest BCUT2D eigenvalue weighted by atomic mass is 79.9. The summed E-state index contributed by atoms with van der Waals surface area (Å²) < 4.78 is 135. The summed E-state index contributed by atoms with van der Waals surface area (Å²) in [6, 6.07) is 7.66. The molecular weight excluding hydrogens is 1660 g/mol. The number of thiocarbonyl (C=S) groups is 1. The van der Waals surface area contributed by atoms with Crippen molar-refractivity contribution in [3.8, 4) is 18.0 Å². The minimum absolute atomic E-state index is 0.0138. The number of nitrogen functional groups attached to an aromatic ring is 1. The lowest BCUT2D eigenvalue weighted by Gasteiger charge is -2.35. The van der Waals surface area contributed by atoms with Crippen LogP contribution in [0.1, 0.15) is 97.4 Å². The number of benzene rings is 5. The molecule has 0 spiro atoms. The number of carbonyl (C=O) groups is 3. The second-order valence-electron chi connectivity index (χ2n) is 22.8. The number of rotatable bonds is 2. The normalized spacial score (nSPS) is 14.9. The van der Waals surface area contributed by atoms with E-state index in [2.05, 4.69) is 125 Å². The van der Waals surface area contributed by atoms with Gasteiger partial charge in [-0.2, -0.15) is 0 Å². The summed E-state index contributed by atoms with van der Waals surface area (Å²) in [7, 11) is 6.83. The van der Waals surface area contributed by atoms with E-state index < -0.39 is 91.8 Å². The molecule has 0 unspecified atom stereocenters. The number of nitrogens with one attached hydrogen (secondary N) is 4. The lowest BCUT2D eigenvalue weighted by molar-refractivity contribution is -0.142. The Morgan fingerprint density at radius 2 is 1.10 bits per heavy atom. The second kappa shape index (κ2) is 35.4. The molecule has 510 valence electrons. The number of ketones is 2. The van der Waals surface area contributed by atoms with E-state index in [1.807, 2.05) is 34.6 Å². The smallest absolute Gasteiger partial charge is 0.323 e. The van der Waals surface area contributed by atoms with E-state index in [1.54, 1.807) is 56.8 Å². The summed E-state index contributed by atoms with van der Waals surface area (Å²) >= 11 is 26.0. The number of carboxylic acid groups (broad SMARTS) is 1. The molecule has 6 aromatic rings. The Bertz CT molecular complexity index is 4010. The molecule has 1 aromatic heterocycles. The maximum atomic E-state index is 14.4. The first kappa shape index (κ1) is 83.8. The van der Waals surface area contributed by atoms with Crippen LogP contribution in [0.2, 0.25) is 0 Å². The van der Waals surface area contributed by atoms with E-state index in [9.17, 15) is 58.3 Å². The maximum Gasteiger partial charge on any atom is 0.323 e. The molecule has 0 aliphatic carbocycles. The number of nitrogens with two attached hydrogens (primary N) is 3. The van der Waals surface area contributed by atoms with E-state index in [4.69, 9.17) is 34.5 Å². The highest BCUT2D eigenvalue weighted by Gasteiger charge is 2.38. The third-order valence-electron chi connectivity index (χ3n) is 13.3. The molecular formula is C59H61Br4F10N9O4P2S6. The fourth-order valence-electron chi connectivity index (χ4n) is 8.14. The molecule has 0 bridgehead atoms. The number of aromatic nitrogens is 2. The molecule has 5 heterocycles. The molecule has 5 aromatic carbocycles. The van der Waals surface area contributed by atoms with Crippen molar-refractivity contribution in [2.24, 2.45) is 11.5 Å². The molecule has 0 fully saturated rings. The van der Waals surface area contributed by atoms with Gasteiger partial charge in [-0.1, -0.05) is 18.1 Å². The second-order valence-corrected chi connectivity index (χ2v) is 36.2. The average Bonchev–Trinajstić information content (AvgIpc) is 1.44. The fraction of sp³-hybridized carbons (Fsp3) is 0.339. The predicted octanol–water partition coefficient (Wildman–Crippen LogP) is 16.5. The monoisotopic (exact) mass is 1720 g/mol. The van der Waals surface area contributed by atoms with Crippen LogP contribution in [0.4, 0.5) is 72.3 Å².